The SMILES string of the molecule is Cc1[nH]c(-c2ccc(Cl)cc2)nc1CCN. The lowest BCUT2D eigenvalue weighted by Crippen LogP contribution is -2.03. The molecule has 1 heterocycles. The number of aromatic nitrogens is 2. The number of hydrogen-bond donors (Lipinski definition) is 2. The molecule has 3 nitrogen and oxygen atoms in total. The largest absolute Gasteiger partial charge is 0.342 e. The van der Waals surface area contributed by atoms with Gasteiger partial charge in [0.15, 0.2) is 0 Å². The van der Waals surface area contributed by atoms with Crippen LogP contribution in [-0.4, -0.2) is 16.5 Å². The predicted octanol–water partition coefficient (Wildman–Crippen LogP) is 2.54. The Morgan fingerprint density at radius 3 is 2.62 bits per heavy atom. The second-order valence-electron chi connectivity index (χ2n) is 3.70. The van der Waals surface area contributed by atoms with Crippen LogP contribution in [0.5, 0.6) is 0 Å². The van der Waals surface area contributed by atoms with Crippen LogP contribution in [0.1, 0.15) is 11.4 Å². The molecule has 0 bridgehead atoms. The van der Waals surface area contributed by atoms with E-state index in [1.54, 1.807) is 0 Å². The molecule has 0 aliphatic carbocycles. The van der Waals surface area contributed by atoms with Gasteiger partial charge in [-0.1, -0.05) is 11.6 Å². The van der Waals surface area contributed by atoms with Crippen molar-refractivity contribution in [2.45, 2.75) is 13.3 Å². The number of imidazole rings is 1. The van der Waals surface area contributed by atoms with Crippen LogP contribution in [0.2, 0.25) is 5.02 Å². The number of benzene rings is 1. The van der Waals surface area contributed by atoms with E-state index in [-0.39, 0.29) is 0 Å². The molecule has 0 aliphatic heterocycles. The molecule has 16 heavy (non-hydrogen) atoms. The van der Waals surface area contributed by atoms with Crippen LogP contribution in [0.3, 0.4) is 0 Å². The fraction of sp³-hybridized carbons (Fsp3) is 0.250. The van der Waals surface area contributed by atoms with Gasteiger partial charge in [-0.3, -0.25) is 0 Å². The van der Waals surface area contributed by atoms with Crippen LogP contribution in [0.15, 0.2) is 24.3 Å². The third-order valence-electron chi connectivity index (χ3n) is 2.48. The van der Waals surface area contributed by atoms with Crippen molar-refractivity contribution in [2.75, 3.05) is 6.54 Å². The second-order valence-corrected chi connectivity index (χ2v) is 4.14. The summed E-state index contributed by atoms with van der Waals surface area (Å²) in [5.41, 5.74) is 8.68. The molecule has 2 rings (SSSR count). The zero-order valence-corrected chi connectivity index (χ0v) is 9.88. The normalized spacial score (nSPS) is 10.7. The lowest BCUT2D eigenvalue weighted by Gasteiger charge is -1.96. The van der Waals surface area contributed by atoms with E-state index in [2.05, 4.69) is 9.97 Å². The number of hydrogen-bond acceptors (Lipinski definition) is 2. The van der Waals surface area contributed by atoms with Gasteiger partial charge in [0.25, 0.3) is 0 Å². The van der Waals surface area contributed by atoms with Gasteiger partial charge in [0.2, 0.25) is 0 Å². The summed E-state index contributed by atoms with van der Waals surface area (Å²) < 4.78 is 0. The van der Waals surface area contributed by atoms with Crippen LogP contribution >= 0.6 is 11.6 Å². The van der Waals surface area contributed by atoms with Gasteiger partial charge in [0.1, 0.15) is 5.82 Å². The minimum atomic E-state index is 0.617. The quantitative estimate of drug-likeness (QED) is 0.859. The van der Waals surface area contributed by atoms with E-state index in [0.717, 1.165) is 34.2 Å². The fourth-order valence-corrected chi connectivity index (χ4v) is 1.75. The number of rotatable bonds is 3. The number of nitrogens with zero attached hydrogens (tertiary/aromatic N) is 1. The Morgan fingerprint density at radius 1 is 1.31 bits per heavy atom. The molecule has 0 amide bonds. The topological polar surface area (TPSA) is 54.7 Å². The maximum absolute atomic E-state index is 5.84. The highest BCUT2D eigenvalue weighted by atomic mass is 35.5. The molecule has 1 aromatic heterocycles. The average molecular weight is 236 g/mol. The third kappa shape index (κ3) is 2.26. The van der Waals surface area contributed by atoms with Crippen molar-refractivity contribution in [1.82, 2.24) is 9.97 Å². The molecule has 0 aliphatic rings. The molecule has 1 aromatic carbocycles. The first kappa shape index (κ1) is 11.2. The van der Waals surface area contributed by atoms with E-state index in [1.165, 1.54) is 0 Å². The maximum Gasteiger partial charge on any atom is 0.137 e. The van der Waals surface area contributed by atoms with Crippen molar-refractivity contribution in [3.8, 4) is 11.4 Å². The molecule has 0 fully saturated rings. The van der Waals surface area contributed by atoms with Crippen molar-refractivity contribution >= 4 is 11.6 Å². The molecular formula is C12H14ClN3. The van der Waals surface area contributed by atoms with Crippen molar-refractivity contribution in [3.63, 3.8) is 0 Å². The molecule has 4 heteroatoms. The number of aromatic amines is 1. The zero-order chi connectivity index (χ0) is 11.5. The van der Waals surface area contributed by atoms with Gasteiger partial charge in [-0.15, -0.1) is 0 Å². The number of H-pyrrole nitrogens is 1. The smallest absolute Gasteiger partial charge is 0.137 e. The Bertz CT molecular complexity index is 474. The number of halogens is 1. The first-order chi connectivity index (χ1) is 7.70. The van der Waals surface area contributed by atoms with Gasteiger partial charge >= 0.3 is 0 Å². The Hall–Kier alpha value is -1.32. The van der Waals surface area contributed by atoms with Crippen LogP contribution in [0.4, 0.5) is 0 Å². The van der Waals surface area contributed by atoms with Gasteiger partial charge in [0, 0.05) is 22.7 Å². The van der Waals surface area contributed by atoms with E-state index in [4.69, 9.17) is 17.3 Å². The summed E-state index contributed by atoms with van der Waals surface area (Å²) in [5.74, 6) is 0.873. The summed E-state index contributed by atoms with van der Waals surface area (Å²) in [7, 11) is 0. The molecule has 3 N–H and O–H groups in total. The van der Waals surface area contributed by atoms with Crippen LogP contribution in [0.25, 0.3) is 11.4 Å². The Kier molecular flexibility index (Phi) is 3.27. The summed E-state index contributed by atoms with van der Waals surface area (Å²) in [6.45, 7) is 2.63. The minimum Gasteiger partial charge on any atom is -0.342 e. The van der Waals surface area contributed by atoms with Crippen LogP contribution in [0, 0.1) is 6.92 Å². The predicted molar refractivity (Wildman–Crippen MR) is 66.5 cm³/mol. The van der Waals surface area contributed by atoms with Crippen LogP contribution in [-0.2, 0) is 6.42 Å². The first-order valence-corrected chi connectivity index (χ1v) is 5.60. The highest BCUT2D eigenvalue weighted by Gasteiger charge is 2.07. The van der Waals surface area contributed by atoms with E-state index in [1.807, 2.05) is 31.2 Å². The van der Waals surface area contributed by atoms with Gasteiger partial charge in [-0.05, 0) is 37.7 Å². The molecule has 0 atom stereocenters. The molecule has 2 aromatic rings. The molecule has 0 saturated heterocycles. The van der Waals surface area contributed by atoms with Crippen molar-refractivity contribution < 1.29 is 0 Å². The highest BCUT2D eigenvalue weighted by Crippen LogP contribution is 2.20. The third-order valence-corrected chi connectivity index (χ3v) is 2.74. The van der Waals surface area contributed by atoms with E-state index >= 15 is 0 Å². The van der Waals surface area contributed by atoms with Crippen LogP contribution < -0.4 is 5.73 Å². The Balaban J connectivity index is 2.33. The van der Waals surface area contributed by atoms with Gasteiger partial charge in [0.05, 0.1) is 5.69 Å². The summed E-state index contributed by atoms with van der Waals surface area (Å²) in [4.78, 5) is 7.78. The van der Waals surface area contributed by atoms with Crippen molar-refractivity contribution in [1.29, 1.82) is 0 Å². The number of nitrogens with two attached hydrogens (primary N) is 1. The van der Waals surface area contributed by atoms with E-state index < -0.39 is 0 Å². The summed E-state index contributed by atoms with van der Waals surface area (Å²) in [6, 6.07) is 7.62. The van der Waals surface area contributed by atoms with E-state index in [9.17, 15) is 0 Å². The molecule has 0 unspecified atom stereocenters. The lowest BCUT2D eigenvalue weighted by atomic mass is 10.2. The van der Waals surface area contributed by atoms with Crippen molar-refractivity contribution in [3.05, 3.63) is 40.7 Å². The molecule has 0 radical (unpaired) electrons. The van der Waals surface area contributed by atoms with Crippen molar-refractivity contribution in [2.24, 2.45) is 5.73 Å². The number of aryl methyl sites for hydroxylation is 1. The Morgan fingerprint density at radius 2 is 2.00 bits per heavy atom. The standard InChI is InChI=1S/C12H14ClN3/c1-8-11(6-7-14)16-12(15-8)9-2-4-10(13)5-3-9/h2-5H,6-7,14H2,1H3,(H,15,16). The van der Waals surface area contributed by atoms with Gasteiger partial charge in [-0.25, -0.2) is 4.98 Å². The fourth-order valence-electron chi connectivity index (χ4n) is 1.62. The van der Waals surface area contributed by atoms with E-state index in [0.29, 0.717) is 6.54 Å². The summed E-state index contributed by atoms with van der Waals surface area (Å²) >= 11 is 5.84. The highest BCUT2D eigenvalue weighted by molar-refractivity contribution is 6.30. The zero-order valence-electron chi connectivity index (χ0n) is 9.13. The summed E-state index contributed by atoms with van der Waals surface area (Å²) in [6.07, 6.45) is 0.802. The maximum atomic E-state index is 5.84. The average Bonchev–Trinajstić information content (AvgIpc) is 2.62. The van der Waals surface area contributed by atoms with Gasteiger partial charge in [-0.2, -0.15) is 0 Å². The molecule has 84 valence electrons. The van der Waals surface area contributed by atoms with Gasteiger partial charge < -0.3 is 10.7 Å². The molecular weight excluding hydrogens is 222 g/mol. The first-order valence-electron chi connectivity index (χ1n) is 5.22. The second kappa shape index (κ2) is 4.68. The Labute approximate surface area is 99.7 Å². The summed E-state index contributed by atoms with van der Waals surface area (Å²) in [5, 5.41) is 0.731. The molecule has 0 spiro atoms. The monoisotopic (exact) mass is 235 g/mol. The number of nitrogens with one attached hydrogen (secondary N) is 1. The lowest BCUT2D eigenvalue weighted by molar-refractivity contribution is 0.924. The molecule has 0 saturated carbocycles. The minimum absolute atomic E-state index is 0.617.